The highest BCUT2D eigenvalue weighted by Crippen LogP contribution is 2.23. The van der Waals surface area contributed by atoms with Crippen LogP contribution in [0, 0.1) is 5.41 Å². The minimum atomic E-state index is -0.598. The number of primary amides is 1. The van der Waals surface area contributed by atoms with Crippen LogP contribution in [0.3, 0.4) is 0 Å². The van der Waals surface area contributed by atoms with Crippen LogP contribution in [-0.2, 0) is 13.1 Å². The fourth-order valence-corrected chi connectivity index (χ4v) is 4.59. The zero-order valence-electron chi connectivity index (χ0n) is 20.1. The Hall–Kier alpha value is -3.88. The van der Waals surface area contributed by atoms with E-state index in [0.717, 1.165) is 0 Å². The molecule has 2 amide bonds. The summed E-state index contributed by atoms with van der Waals surface area (Å²) in [6, 6.07) is 18.3. The van der Waals surface area contributed by atoms with Gasteiger partial charge in [0.15, 0.2) is 5.78 Å². The molecule has 0 fully saturated rings. The second kappa shape index (κ2) is 11.0. The van der Waals surface area contributed by atoms with Crippen molar-refractivity contribution in [3.05, 3.63) is 99.1 Å². The van der Waals surface area contributed by atoms with Crippen molar-refractivity contribution < 1.29 is 14.4 Å². The number of Topliss-reactive ketones (excluding diaryl/α,β-unsaturated/α-hetero) is 1. The Morgan fingerprint density at radius 3 is 2.30 bits per heavy atom. The van der Waals surface area contributed by atoms with E-state index in [4.69, 9.17) is 34.3 Å². The first-order valence-electron chi connectivity index (χ1n) is 11.5. The van der Waals surface area contributed by atoms with Crippen LogP contribution in [0.25, 0.3) is 11.0 Å². The third-order valence-corrected chi connectivity index (χ3v) is 6.68. The minimum absolute atomic E-state index is 0.0289. The highest BCUT2D eigenvalue weighted by atomic mass is 35.5. The zero-order chi connectivity index (χ0) is 26.7. The fraction of sp³-hybridized carbons (Fsp3) is 0.185. The van der Waals surface area contributed by atoms with E-state index in [2.05, 4.69) is 0 Å². The number of carbonyl (C=O) groups excluding carboxylic acids is 3. The Morgan fingerprint density at radius 2 is 1.59 bits per heavy atom. The van der Waals surface area contributed by atoms with Gasteiger partial charge in [-0.1, -0.05) is 35.3 Å². The number of aromatic nitrogens is 2. The van der Waals surface area contributed by atoms with Gasteiger partial charge < -0.3 is 19.8 Å². The van der Waals surface area contributed by atoms with E-state index in [0.29, 0.717) is 51.7 Å². The number of carbonyl (C=O) groups is 3. The van der Waals surface area contributed by atoms with Crippen LogP contribution in [0.15, 0.2) is 66.7 Å². The number of para-hydroxylation sites is 1. The molecule has 1 aromatic heterocycles. The van der Waals surface area contributed by atoms with E-state index < -0.39 is 5.91 Å². The molecule has 0 bridgehead atoms. The van der Waals surface area contributed by atoms with Crippen molar-refractivity contribution in [3.63, 3.8) is 0 Å². The summed E-state index contributed by atoms with van der Waals surface area (Å²) in [6.07, 6.45) is 0.532. The molecule has 10 heteroatoms. The molecule has 0 aliphatic carbocycles. The van der Waals surface area contributed by atoms with Gasteiger partial charge in [-0.15, -0.1) is 0 Å². The summed E-state index contributed by atoms with van der Waals surface area (Å²) in [5.74, 6) is -0.995. The molecule has 4 aromatic rings. The van der Waals surface area contributed by atoms with Crippen molar-refractivity contribution in [2.75, 3.05) is 13.6 Å². The number of imidazole rings is 1. The maximum absolute atomic E-state index is 12.9. The summed E-state index contributed by atoms with van der Waals surface area (Å²) in [6.45, 7) is 0.770. The van der Waals surface area contributed by atoms with Gasteiger partial charge in [0.1, 0.15) is 0 Å². The number of ketones is 1. The van der Waals surface area contributed by atoms with Crippen LogP contribution < -0.4 is 11.4 Å². The van der Waals surface area contributed by atoms with Crippen LogP contribution in [0.5, 0.6) is 0 Å². The number of hydrogen-bond acceptors (Lipinski definition) is 4. The lowest BCUT2D eigenvalue weighted by Crippen LogP contribution is -2.31. The van der Waals surface area contributed by atoms with Gasteiger partial charge in [0.2, 0.25) is 11.5 Å². The standard InChI is InChI=1S/C27H25Cl2N5O3/c1-32(26(37)19-6-2-5-18(15-19)25(30)36)13-4-14-33-24-21(29)7-3-8-22(24)34(27(33)31)16-23(35)17-9-11-20(28)12-10-17/h2-3,5-12,15,31H,4,13-14,16H2,1H3,(H2,30,36). The third-order valence-electron chi connectivity index (χ3n) is 6.12. The molecule has 8 nitrogen and oxygen atoms in total. The first kappa shape index (κ1) is 26.2. The van der Waals surface area contributed by atoms with Crippen molar-refractivity contribution in [1.82, 2.24) is 14.0 Å². The smallest absolute Gasteiger partial charge is 0.253 e. The lowest BCUT2D eigenvalue weighted by molar-refractivity contribution is 0.0791. The molecule has 0 aliphatic rings. The van der Waals surface area contributed by atoms with Crippen molar-refractivity contribution >= 4 is 51.8 Å². The topological polar surface area (TPSA) is 114 Å². The number of hydrogen-bond donors (Lipinski definition) is 2. The van der Waals surface area contributed by atoms with Crippen LogP contribution in [0.2, 0.25) is 10.0 Å². The number of rotatable bonds is 9. The summed E-state index contributed by atoms with van der Waals surface area (Å²) in [7, 11) is 1.67. The molecule has 0 unspecified atom stereocenters. The van der Waals surface area contributed by atoms with Gasteiger partial charge in [-0.2, -0.15) is 0 Å². The van der Waals surface area contributed by atoms with Crippen molar-refractivity contribution in [2.24, 2.45) is 5.73 Å². The summed E-state index contributed by atoms with van der Waals surface area (Å²) < 4.78 is 3.38. The van der Waals surface area contributed by atoms with Gasteiger partial charge in [-0.05, 0) is 61.0 Å². The molecule has 1 heterocycles. The summed E-state index contributed by atoms with van der Waals surface area (Å²) in [5.41, 5.74) is 7.92. The number of benzene rings is 3. The third kappa shape index (κ3) is 5.60. The van der Waals surface area contributed by atoms with Gasteiger partial charge in [0.05, 0.1) is 22.6 Å². The van der Waals surface area contributed by atoms with Gasteiger partial charge in [-0.25, -0.2) is 0 Å². The number of halogens is 2. The highest BCUT2D eigenvalue weighted by Gasteiger charge is 2.18. The van der Waals surface area contributed by atoms with Gasteiger partial charge in [0.25, 0.3) is 5.91 Å². The molecule has 3 aromatic carbocycles. The molecule has 0 spiro atoms. The Balaban J connectivity index is 1.53. The predicted octanol–water partition coefficient (Wildman–Crippen LogP) is 4.37. The van der Waals surface area contributed by atoms with Crippen LogP contribution in [0.4, 0.5) is 0 Å². The Morgan fingerprint density at radius 1 is 0.919 bits per heavy atom. The molecule has 0 radical (unpaired) electrons. The fourth-order valence-electron chi connectivity index (χ4n) is 4.20. The first-order valence-corrected chi connectivity index (χ1v) is 12.3. The minimum Gasteiger partial charge on any atom is -0.366 e. The molecule has 190 valence electrons. The Bertz CT molecular complexity index is 1560. The summed E-state index contributed by atoms with van der Waals surface area (Å²) in [4.78, 5) is 38.8. The predicted molar refractivity (Wildman–Crippen MR) is 143 cm³/mol. The molecule has 4 rings (SSSR count). The van der Waals surface area contributed by atoms with E-state index in [1.165, 1.54) is 6.07 Å². The molecule has 3 N–H and O–H groups in total. The molecule has 0 saturated heterocycles. The Kier molecular flexibility index (Phi) is 7.80. The van der Waals surface area contributed by atoms with Crippen LogP contribution in [-0.4, -0.2) is 45.2 Å². The van der Waals surface area contributed by atoms with Crippen molar-refractivity contribution in [3.8, 4) is 0 Å². The van der Waals surface area contributed by atoms with E-state index >= 15 is 0 Å². The number of nitrogens with two attached hydrogens (primary N) is 1. The molecular weight excluding hydrogens is 513 g/mol. The van der Waals surface area contributed by atoms with Gasteiger partial charge >= 0.3 is 0 Å². The highest BCUT2D eigenvalue weighted by molar-refractivity contribution is 6.35. The number of fused-ring (bicyclic) bond motifs is 1. The summed E-state index contributed by atoms with van der Waals surface area (Å²) in [5, 5.41) is 9.81. The van der Waals surface area contributed by atoms with E-state index in [1.807, 2.05) is 6.07 Å². The average Bonchev–Trinajstić information content (AvgIpc) is 3.15. The maximum Gasteiger partial charge on any atom is 0.253 e. The monoisotopic (exact) mass is 537 g/mol. The van der Waals surface area contributed by atoms with Crippen molar-refractivity contribution in [1.29, 1.82) is 5.41 Å². The molecule has 0 atom stereocenters. The second-order valence-corrected chi connectivity index (χ2v) is 9.47. The summed E-state index contributed by atoms with van der Waals surface area (Å²) >= 11 is 12.4. The first-order chi connectivity index (χ1) is 17.7. The van der Waals surface area contributed by atoms with Crippen LogP contribution >= 0.6 is 23.2 Å². The second-order valence-electron chi connectivity index (χ2n) is 8.62. The number of amides is 2. The van der Waals surface area contributed by atoms with E-state index in [1.54, 1.807) is 75.7 Å². The SMILES string of the molecule is CN(CCCn1c(=N)n(CC(=O)c2ccc(Cl)cc2)c2cccc(Cl)c21)C(=O)c1cccc(C(N)=O)c1. The Labute approximate surface area is 223 Å². The molecule has 37 heavy (non-hydrogen) atoms. The van der Waals surface area contributed by atoms with E-state index in [-0.39, 0.29) is 29.4 Å². The zero-order valence-corrected chi connectivity index (χ0v) is 21.6. The van der Waals surface area contributed by atoms with Crippen LogP contribution in [0.1, 0.15) is 37.5 Å². The van der Waals surface area contributed by atoms with Gasteiger partial charge in [0, 0.05) is 41.9 Å². The van der Waals surface area contributed by atoms with E-state index in [9.17, 15) is 14.4 Å². The maximum atomic E-state index is 12.9. The average molecular weight is 538 g/mol. The molecule has 0 aliphatic heterocycles. The number of aryl methyl sites for hydroxylation is 1. The number of nitrogens with zero attached hydrogens (tertiary/aromatic N) is 3. The van der Waals surface area contributed by atoms with Gasteiger partial charge in [-0.3, -0.25) is 19.8 Å². The quantitative estimate of drug-likeness (QED) is 0.309. The largest absolute Gasteiger partial charge is 0.366 e. The number of nitrogens with one attached hydrogen (secondary N) is 1. The van der Waals surface area contributed by atoms with Crippen molar-refractivity contribution in [2.45, 2.75) is 19.5 Å². The lowest BCUT2D eigenvalue weighted by atomic mass is 10.1. The molecular formula is C27H25Cl2N5O3. The normalized spacial score (nSPS) is 11.0. The molecule has 0 saturated carbocycles. The lowest BCUT2D eigenvalue weighted by Gasteiger charge is -2.18.